The number of ether oxygens (including phenoxy) is 1. The fourth-order valence-electron chi connectivity index (χ4n) is 4.53. The van der Waals surface area contributed by atoms with Crippen LogP contribution in [0.3, 0.4) is 0 Å². The lowest BCUT2D eigenvalue weighted by Gasteiger charge is -2.34. The van der Waals surface area contributed by atoms with Gasteiger partial charge in [-0.15, -0.1) is 6.42 Å². The van der Waals surface area contributed by atoms with Gasteiger partial charge in [0.05, 0.1) is 6.61 Å². The van der Waals surface area contributed by atoms with Crippen LogP contribution in [0.2, 0.25) is 0 Å². The third kappa shape index (κ3) is 8.82. The molecule has 3 aromatic rings. The van der Waals surface area contributed by atoms with E-state index in [1.807, 2.05) is 50.2 Å². The lowest BCUT2D eigenvalue weighted by atomic mass is 9.98. The number of alkyl carbamates (subject to hydrolysis) is 1. The molecule has 3 aromatic carbocycles. The minimum absolute atomic E-state index is 0.0367. The smallest absolute Gasteiger partial charge is 0.408 e. The van der Waals surface area contributed by atoms with E-state index in [1.165, 1.54) is 4.90 Å². The van der Waals surface area contributed by atoms with Crippen LogP contribution in [0.15, 0.2) is 66.7 Å². The van der Waals surface area contributed by atoms with Gasteiger partial charge in [0.1, 0.15) is 17.7 Å². The van der Waals surface area contributed by atoms with E-state index < -0.39 is 42.2 Å². The number of benzene rings is 3. The fourth-order valence-corrected chi connectivity index (χ4v) is 4.53. The van der Waals surface area contributed by atoms with Gasteiger partial charge in [-0.1, -0.05) is 62.2 Å². The van der Waals surface area contributed by atoms with Crippen LogP contribution in [-0.2, 0) is 14.3 Å². The molecule has 41 heavy (non-hydrogen) atoms. The van der Waals surface area contributed by atoms with Gasteiger partial charge in [0.25, 0.3) is 5.91 Å². The van der Waals surface area contributed by atoms with E-state index in [0.29, 0.717) is 23.2 Å². The predicted molar refractivity (Wildman–Crippen MR) is 161 cm³/mol. The minimum atomic E-state index is -1.12. The number of nitrogens with one attached hydrogen (secondary N) is 2. The average Bonchev–Trinajstić information content (AvgIpc) is 2.91. The van der Waals surface area contributed by atoms with Crippen molar-refractivity contribution < 1.29 is 24.2 Å². The van der Waals surface area contributed by atoms with E-state index in [0.717, 1.165) is 10.8 Å². The molecule has 0 aliphatic rings. The number of aliphatic hydroxyl groups is 1. The lowest BCUT2D eigenvalue weighted by Crippen LogP contribution is -2.53. The highest BCUT2D eigenvalue weighted by molar-refractivity contribution is 6.00. The molecule has 0 aliphatic heterocycles. The summed E-state index contributed by atoms with van der Waals surface area (Å²) >= 11 is 0. The van der Waals surface area contributed by atoms with Gasteiger partial charge in [-0.3, -0.25) is 9.59 Å². The van der Waals surface area contributed by atoms with Gasteiger partial charge >= 0.3 is 6.09 Å². The van der Waals surface area contributed by atoms with E-state index >= 15 is 0 Å². The average molecular weight is 558 g/mol. The third-order valence-corrected chi connectivity index (χ3v) is 6.29. The first-order valence-electron chi connectivity index (χ1n) is 13.7. The van der Waals surface area contributed by atoms with Crippen LogP contribution in [0.4, 0.5) is 10.5 Å². The summed E-state index contributed by atoms with van der Waals surface area (Å²) < 4.78 is 5.40. The Morgan fingerprint density at radius 3 is 2.24 bits per heavy atom. The molecule has 3 amide bonds. The Labute approximate surface area is 242 Å². The van der Waals surface area contributed by atoms with Gasteiger partial charge in [-0.2, -0.15) is 0 Å². The van der Waals surface area contributed by atoms with Crippen LogP contribution in [0.1, 0.15) is 58.2 Å². The van der Waals surface area contributed by atoms with Crippen LogP contribution >= 0.6 is 0 Å². The molecule has 3 rings (SSSR count). The van der Waals surface area contributed by atoms with Crippen molar-refractivity contribution in [1.82, 2.24) is 10.2 Å². The summed E-state index contributed by atoms with van der Waals surface area (Å²) in [6, 6.07) is 18.0. The van der Waals surface area contributed by atoms with Crippen molar-refractivity contribution in [1.29, 1.82) is 0 Å². The third-order valence-electron chi connectivity index (χ3n) is 6.29. The Hall–Kier alpha value is -4.35. The first kappa shape index (κ1) is 31.2. The molecule has 0 saturated heterocycles. The lowest BCUT2D eigenvalue weighted by molar-refractivity contribution is -0.141. The summed E-state index contributed by atoms with van der Waals surface area (Å²) in [4.78, 5) is 42.0. The number of terminal acetylenes is 1. The fraction of sp³-hybridized carbons (Fsp3) is 0.364. The van der Waals surface area contributed by atoms with Crippen LogP contribution < -0.4 is 10.6 Å². The predicted octanol–water partition coefficient (Wildman–Crippen LogP) is 5.26. The van der Waals surface area contributed by atoms with Crippen molar-refractivity contribution in [2.24, 2.45) is 5.92 Å². The van der Waals surface area contributed by atoms with Crippen LogP contribution in [0.25, 0.3) is 10.8 Å². The van der Waals surface area contributed by atoms with Crippen LogP contribution in [-0.4, -0.2) is 52.7 Å². The molecular formula is C33H39N3O5. The van der Waals surface area contributed by atoms with Crippen molar-refractivity contribution >= 4 is 34.4 Å². The molecule has 0 heterocycles. The zero-order valence-electron chi connectivity index (χ0n) is 24.3. The Bertz CT molecular complexity index is 1400. The Morgan fingerprint density at radius 1 is 1.00 bits per heavy atom. The second-order valence-electron chi connectivity index (χ2n) is 11.3. The summed E-state index contributed by atoms with van der Waals surface area (Å²) in [5.74, 6) is 1.60. The standard InChI is InChI=1S/C33H39N3O5/c1-7-23-12-14-25(15-13-23)29(30(38)34-27-17-16-24-10-8-9-11-26(24)21-27)36(18-19-37)31(39)28(20-22(2)3)35-32(40)41-33(4,5)6/h1,8-17,21-22,28-29,37H,18-20H2,2-6H3,(H,34,38)(H,35,40). The molecule has 0 fully saturated rings. The maximum Gasteiger partial charge on any atom is 0.408 e. The highest BCUT2D eigenvalue weighted by Gasteiger charge is 2.36. The van der Waals surface area contributed by atoms with E-state index in [4.69, 9.17) is 11.2 Å². The molecule has 8 nitrogen and oxygen atoms in total. The van der Waals surface area contributed by atoms with E-state index in [-0.39, 0.29) is 12.5 Å². The van der Waals surface area contributed by atoms with Crippen molar-refractivity contribution in [3.8, 4) is 12.3 Å². The topological polar surface area (TPSA) is 108 Å². The van der Waals surface area contributed by atoms with Crippen molar-refractivity contribution in [2.45, 2.75) is 58.7 Å². The highest BCUT2D eigenvalue weighted by atomic mass is 16.6. The van der Waals surface area contributed by atoms with Crippen molar-refractivity contribution in [3.63, 3.8) is 0 Å². The molecule has 3 N–H and O–H groups in total. The second-order valence-corrected chi connectivity index (χ2v) is 11.3. The summed E-state index contributed by atoms with van der Waals surface area (Å²) in [6.45, 7) is 8.52. The largest absolute Gasteiger partial charge is 0.444 e. The monoisotopic (exact) mass is 557 g/mol. The second kappa shape index (κ2) is 13.8. The van der Waals surface area contributed by atoms with Crippen molar-refractivity contribution in [2.75, 3.05) is 18.5 Å². The highest BCUT2D eigenvalue weighted by Crippen LogP contribution is 2.27. The molecule has 0 saturated carbocycles. The van der Waals surface area contributed by atoms with E-state index in [1.54, 1.807) is 51.1 Å². The molecule has 0 radical (unpaired) electrons. The minimum Gasteiger partial charge on any atom is -0.444 e. The quantitative estimate of drug-likeness (QED) is 0.295. The number of fused-ring (bicyclic) bond motifs is 1. The zero-order chi connectivity index (χ0) is 30.2. The first-order chi connectivity index (χ1) is 19.4. The number of carbonyl (C=O) groups excluding carboxylic acids is 3. The number of hydrogen-bond acceptors (Lipinski definition) is 5. The Morgan fingerprint density at radius 2 is 1.66 bits per heavy atom. The maximum atomic E-state index is 14.1. The molecule has 216 valence electrons. The maximum absolute atomic E-state index is 14.1. The number of nitrogens with zero attached hydrogens (tertiary/aromatic N) is 1. The normalized spacial score (nSPS) is 12.7. The molecular weight excluding hydrogens is 518 g/mol. The molecule has 0 aliphatic carbocycles. The molecule has 0 spiro atoms. The SMILES string of the molecule is C#Cc1ccc(C(C(=O)Nc2ccc3ccccc3c2)N(CCO)C(=O)C(CC(C)C)NC(=O)OC(C)(C)C)cc1. The van der Waals surface area contributed by atoms with E-state index in [9.17, 15) is 19.5 Å². The van der Waals surface area contributed by atoms with E-state index in [2.05, 4.69) is 16.6 Å². The number of amides is 3. The Kier molecular flexibility index (Phi) is 10.5. The molecule has 2 atom stereocenters. The van der Waals surface area contributed by atoms with Gasteiger partial charge in [0.15, 0.2) is 0 Å². The van der Waals surface area contributed by atoms with Crippen LogP contribution in [0, 0.1) is 18.3 Å². The number of hydrogen-bond donors (Lipinski definition) is 3. The number of carbonyl (C=O) groups is 3. The number of anilines is 1. The van der Waals surface area contributed by atoms with Gasteiger partial charge in [-0.05, 0) is 73.7 Å². The van der Waals surface area contributed by atoms with Crippen molar-refractivity contribution in [3.05, 3.63) is 77.9 Å². The zero-order valence-corrected chi connectivity index (χ0v) is 24.3. The van der Waals surface area contributed by atoms with Gasteiger partial charge in [0, 0.05) is 17.8 Å². The number of aliphatic hydroxyl groups excluding tert-OH is 1. The summed E-state index contributed by atoms with van der Waals surface area (Å²) in [7, 11) is 0. The van der Waals surface area contributed by atoms with Gasteiger partial charge < -0.3 is 25.4 Å². The van der Waals surface area contributed by atoms with Gasteiger partial charge in [0.2, 0.25) is 5.91 Å². The van der Waals surface area contributed by atoms with Gasteiger partial charge in [-0.25, -0.2) is 4.79 Å². The molecule has 0 bridgehead atoms. The number of rotatable bonds is 10. The summed E-state index contributed by atoms with van der Waals surface area (Å²) in [5.41, 5.74) is 0.916. The van der Waals surface area contributed by atoms with Crippen LogP contribution in [0.5, 0.6) is 0 Å². The summed E-state index contributed by atoms with van der Waals surface area (Å²) in [6.07, 6.45) is 5.10. The molecule has 0 aromatic heterocycles. The molecule has 2 unspecified atom stereocenters. The summed E-state index contributed by atoms with van der Waals surface area (Å²) in [5, 5.41) is 17.6. The Balaban J connectivity index is 2.01. The first-order valence-corrected chi connectivity index (χ1v) is 13.7. The molecule has 8 heteroatoms.